The van der Waals surface area contributed by atoms with Crippen molar-refractivity contribution in [1.29, 1.82) is 0 Å². The Labute approximate surface area is 193 Å². The molecular weight excluding hydrogens is 423 g/mol. The molecule has 0 saturated carbocycles. The van der Waals surface area contributed by atoms with Crippen LogP contribution in [0, 0.1) is 5.82 Å². The highest BCUT2D eigenvalue weighted by Gasteiger charge is 2.37. The third-order valence-corrected chi connectivity index (χ3v) is 6.35. The van der Waals surface area contributed by atoms with Gasteiger partial charge in [-0.25, -0.2) is 9.18 Å². The van der Waals surface area contributed by atoms with E-state index < -0.39 is 11.8 Å². The smallest absolute Gasteiger partial charge is 0.317 e. The molecule has 0 spiro atoms. The Balaban J connectivity index is 1.22. The number of carbonyl (C=O) groups is 3. The van der Waals surface area contributed by atoms with Crippen molar-refractivity contribution >= 4 is 17.8 Å². The molecule has 0 aliphatic carbocycles. The molecule has 7 nitrogen and oxygen atoms in total. The first-order chi connectivity index (χ1) is 16.0. The summed E-state index contributed by atoms with van der Waals surface area (Å²) in [6.45, 7) is 2.89. The fourth-order valence-corrected chi connectivity index (χ4v) is 4.45. The van der Waals surface area contributed by atoms with Crippen LogP contribution in [0.25, 0.3) is 0 Å². The molecule has 0 radical (unpaired) electrons. The number of hydrogen-bond donors (Lipinski definition) is 1. The zero-order chi connectivity index (χ0) is 23.2. The molecule has 2 saturated heterocycles. The van der Waals surface area contributed by atoms with Crippen LogP contribution in [0.3, 0.4) is 0 Å². The molecule has 2 aromatic rings. The molecule has 4 rings (SSSR count). The zero-order valence-electron chi connectivity index (χ0n) is 18.6. The van der Waals surface area contributed by atoms with Crippen molar-refractivity contribution in [2.75, 3.05) is 32.7 Å². The molecule has 8 heteroatoms. The maximum atomic E-state index is 13.1. The number of nitrogens with one attached hydrogen (secondary N) is 1. The Morgan fingerprint density at radius 2 is 1.58 bits per heavy atom. The largest absolute Gasteiger partial charge is 0.338 e. The summed E-state index contributed by atoms with van der Waals surface area (Å²) in [7, 11) is 0. The van der Waals surface area contributed by atoms with Gasteiger partial charge in [0.2, 0.25) is 0 Å². The number of piperazine rings is 1. The van der Waals surface area contributed by atoms with Gasteiger partial charge < -0.3 is 20.0 Å². The molecule has 0 bridgehead atoms. The van der Waals surface area contributed by atoms with Crippen molar-refractivity contribution in [1.82, 2.24) is 20.0 Å². The number of carbonyl (C=O) groups excluding carboxylic acids is 3. The summed E-state index contributed by atoms with van der Waals surface area (Å²) in [5.41, 5.74) is 1.97. The minimum absolute atomic E-state index is 0.0391. The van der Waals surface area contributed by atoms with Gasteiger partial charge in [0.05, 0.1) is 0 Å². The van der Waals surface area contributed by atoms with E-state index in [2.05, 4.69) is 5.32 Å². The molecular formula is C25H29FN4O3. The number of nitrogens with zero attached hydrogens (tertiary/aromatic N) is 3. The highest BCUT2D eigenvalue weighted by atomic mass is 19.1. The Bertz CT molecular complexity index is 975. The summed E-state index contributed by atoms with van der Waals surface area (Å²) in [5, 5.41) is 2.97. The van der Waals surface area contributed by atoms with Crippen molar-refractivity contribution in [3.63, 3.8) is 0 Å². The molecule has 174 valence electrons. The lowest BCUT2D eigenvalue weighted by atomic mass is 10.0. The average molecular weight is 453 g/mol. The van der Waals surface area contributed by atoms with Gasteiger partial charge in [0.1, 0.15) is 5.82 Å². The number of rotatable bonds is 6. The Morgan fingerprint density at radius 1 is 0.879 bits per heavy atom. The maximum absolute atomic E-state index is 13.1. The van der Waals surface area contributed by atoms with E-state index in [4.69, 9.17) is 0 Å². The summed E-state index contributed by atoms with van der Waals surface area (Å²) in [6, 6.07) is 15.8. The molecule has 2 heterocycles. The van der Waals surface area contributed by atoms with Crippen LogP contribution in [-0.2, 0) is 22.6 Å². The fourth-order valence-electron chi connectivity index (χ4n) is 4.45. The number of piperidine rings is 1. The predicted molar refractivity (Wildman–Crippen MR) is 122 cm³/mol. The van der Waals surface area contributed by atoms with Crippen molar-refractivity contribution in [2.45, 2.75) is 31.8 Å². The second kappa shape index (κ2) is 10.5. The first kappa shape index (κ1) is 22.8. The fraction of sp³-hybridized carbons (Fsp3) is 0.400. The van der Waals surface area contributed by atoms with Crippen LogP contribution in [-0.4, -0.2) is 71.3 Å². The maximum Gasteiger partial charge on any atom is 0.317 e. The number of likely N-dealkylation sites (tertiary alicyclic amines) is 1. The topological polar surface area (TPSA) is 73.0 Å². The zero-order valence-corrected chi connectivity index (χ0v) is 18.6. The number of hydrogen-bond acceptors (Lipinski definition) is 3. The minimum Gasteiger partial charge on any atom is -0.338 e. The molecule has 2 fully saturated rings. The molecule has 0 aromatic heterocycles. The van der Waals surface area contributed by atoms with Gasteiger partial charge >= 0.3 is 17.8 Å². The first-order valence-corrected chi connectivity index (χ1v) is 11.4. The van der Waals surface area contributed by atoms with Gasteiger partial charge in [0.25, 0.3) is 0 Å². The summed E-state index contributed by atoms with van der Waals surface area (Å²) >= 11 is 0. The summed E-state index contributed by atoms with van der Waals surface area (Å²) in [4.78, 5) is 42.8. The Hall–Kier alpha value is -3.42. The Kier molecular flexibility index (Phi) is 7.22. The monoisotopic (exact) mass is 452 g/mol. The molecule has 0 unspecified atom stereocenters. The molecule has 2 aromatic carbocycles. The minimum atomic E-state index is -0.522. The van der Waals surface area contributed by atoms with E-state index in [1.165, 1.54) is 22.6 Å². The van der Waals surface area contributed by atoms with E-state index >= 15 is 0 Å². The standard InChI is InChI=1S/C25H29FN4O3/c26-21-8-6-20(7-9-21)18-29-16-17-30(24(32)23(29)31)22-11-14-28(15-12-22)25(33)27-13-10-19-4-2-1-3-5-19/h1-9,22H,10-18H2,(H,27,33). The van der Waals surface area contributed by atoms with E-state index in [1.807, 2.05) is 30.3 Å². The number of urea groups is 1. The van der Waals surface area contributed by atoms with E-state index in [1.54, 1.807) is 21.9 Å². The second-order valence-corrected chi connectivity index (χ2v) is 8.54. The quantitative estimate of drug-likeness (QED) is 0.685. The molecule has 4 amide bonds. The second-order valence-electron chi connectivity index (χ2n) is 8.54. The summed E-state index contributed by atoms with van der Waals surface area (Å²) < 4.78 is 13.1. The first-order valence-electron chi connectivity index (χ1n) is 11.4. The molecule has 2 aliphatic rings. The van der Waals surface area contributed by atoms with Gasteiger partial charge in [-0.15, -0.1) is 0 Å². The van der Waals surface area contributed by atoms with E-state index in [0.717, 1.165) is 12.0 Å². The van der Waals surface area contributed by atoms with Crippen molar-refractivity contribution in [2.24, 2.45) is 0 Å². The number of amides is 4. The summed E-state index contributed by atoms with van der Waals surface area (Å²) in [6.07, 6.45) is 2.09. The average Bonchev–Trinajstić information content (AvgIpc) is 2.84. The lowest BCUT2D eigenvalue weighted by molar-refractivity contribution is -0.158. The predicted octanol–water partition coefficient (Wildman–Crippen LogP) is 2.41. The highest BCUT2D eigenvalue weighted by molar-refractivity contribution is 6.35. The van der Waals surface area contributed by atoms with Crippen molar-refractivity contribution in [3.8, 4) is 0 Å². The van der Waals surface area contributed by atoms with Crippen LogP contribution in [0.15, 0.2) is 54.6 Å². The number of benzene rings is 2. The van der Waals surface area contributed by atoms with E-state index in [-0.39, 0.29) is 17.9 Å². The van der Waals surface area contributed by atoms with Crippen LogP contribution < -0.4 is 5.32 Å². The Morgan fingerprint density at radius 3 is 2.27 bits per heavy atom. The van der Waals surface area contributed by atoms with Crippen LogP contribution in [0.5, 0.6) is 0 Å². The third kappa shape index (κ3) is 5.69. The highest BCUT2D eigenvalue weighted by Crippen LogP contribution is 2.21. The van der Waals surface area contributed by atoms with E-state index in [9.17, 15) is 18.8 Å². The van der Waals surface area contributed by atoms with Gasteiger partial charge in [-0.3, -0.25) is 9.59 Å². The van der Waals surface area contributed by atoms with Gasteiger partial charge in [-0.2, -0.15) is 0 Å². The van der Waals surface area contributed by atoms with Gasteiger partial charge in [0.15, 0.2) is 0 Å². The molecule has 2 aliphatic heterocycles. The molecule has 1 N–H and O–H groups in total. The lowest BCUT2D eigenvalue weighted by Crippen LogP contribution is -2.59. The van der Waals surface area contributed by atoms with Crippen molar-refractivity contribution < 1.29 is 18.8 Å². The van der Waals surface area contributed by atoms with Crippen LogP contribution >= 0.6 is 0 Å². The summed E-state index contributed by atoms with van der Waals surface area (Å²) in [5.74, 6) is -1.34. The van der Waals surface area contributed by atoms with Gasteiger partial charge in [0, 0.05) is 45.3 Å². The van der Waals surface area contributed by atoms with Crippen LogP contribution in [0.2, 0.25) is 0 Å². The van der Waals surface area contributed by atoms with Crippen LogP contribution in [0.1, 0.15) is 24.0 Å². The van der Waals surface area contributed by atoms with Crippen LogP contribution in [0.4, 0.5) is 9.18 Å². The molecule has 33 heavy (non-hydrogen) atoms. The van der Waals surface area contributed by atoms with Gasteiger partial charge in [-0.05, 0) is 42.5 Å². The number of halogens is 1. The van der Waals surface area contributed by atoms with E-state index in [0.29, 0.717) is 52.1 Å². The third-order valence-electron chi connectivity index (χ3n) is 6.35. The molecule has 0 atom stereocenters. The SMILES string of the molecule is O=C(NCCc1ccccc1)N1CCC(N2CCN(Cc3ccc(F)cc3)C(=O)C2=O)CC1. The van der Waals surface area contributed by atoms with Gasteiger partial charge in [-0.1, -0.05) is 42.5 Å². The lowest BCUT2D eigenvalue weighted by Gasteiger charge is -2.42. The normalized spacial score (nSPS) is 17.4. The van der Waals surface area contributed by atoms with Crippen molar-refractivity contribution in [3.05, 3.63) is 71.5 Å².